The Morgan fingerprint density at radius 2 is 2.19 bits per heavy atom. The monoisotopic (exact) mass is 292 g/mol. The Kier molecular flexibility index (Phi) is 5.16. The third-order valence-corrected chi connectivity index (χ3v) is 3.51. The number of anilines is 1. The van der Waals surface area contributed by atoms with Crippen molar-refractivity contribution in [3.05, 3.63) is 29.8 Å². The van der Waals surface area contributed by atoms with Crippen molar-refractivity contribution in [2.24, 2.45) is 0 Å². The molecule has 0 radical (unpaired) electrons. The van der Waals surface area contributed by atoms with Crippen molar-refractivity contribution in [2.45, 2.75) is 19.3 Å². The van der Waals surface area contributed by atoms with Crippen LogP contribution in [0.25, 0.3) is 0 Å². The van der Waals surface area contributed by atoms with Gasteiger partial charge in [-0.1, -0.05) is 18.2 Å². The number of aliphatic carboxylic acids is 1. The first-order chi connectivity index (χ1) is 10.1. The normalized spacial score (nSPS) is 17.2. The van der Waals surface area contributed by atoms with E-state index in [1.54, 1.807) is 23.1 Å². The second-order valence-electron chi connectivity index (χ2n) is 4.82. The fourth-order valence-electron chi connectivity index (χ4n) is 2.50. The number of nitrogens with zero attached hydrogens (tertiary/aromatic N) is 1. The summed E-state index contributed by atoms with van der Waals surface area (Å²) < 4.78 is 5.18. The number of ether oxygens (including phenoxy) is 1. The summed E-state index contributed by atoms with van der Waals surface area (Å²) in [5, 5.41) is 12.1. The first-order valence-corrected chi connectivity index (χ1v) is 7.10. The van der Waals surface area contributed by atoms with Gasteiger partial charge in [-0.2, -0.15) is 0 Å². The number of fused-ring (bicyclic) bond motifs is 1. The Labute approximate surface area is 123 Å². The van der Waals surface area contributed by atoms with Crippen molar-refractivity contribution >= 4 is 17.7 Å². The molecule has 0 bridgehead atoms. The number of rotatable bonds is 5. The number of hydrogen-bond donors (Lipinski definition) is 2. The SMILES string of the molecule is CCOCCNC(=O)N1CCC(C(=O)O)c2ccccc21. The molecule has 1 aliphatic heterocycles. The lowest BCUT2D eigenvalue weighted by atomic mass is 9.90. The lowest BCUT2D eigenvalue weighted by Gasteiger charge is -2.32. The highest BCUT2D eigenvalue weighted by atomic mass is 16.5. The van der Waals surface area contributed by atoms with Gasteiger partial charge < -0.3 is 15.2 Å². The van der Waals surface area contributed by atoms with Crippen molar-refractivity contribution in [1.29, 1.82) is 0 Å². The molecule has 2 amide bonds. The van der Waals surface area contributed by atoms with E-state index < -0.39 is 11.9 Å². The molecule has 1 unspecified atom stereocenters. The molecule has 0 fully saturated rings. The molecule has 1 aromatic carbocycles. The number of carbonyl (C=O) groups is 2. The van der Waals surface area contributed by atoms with E-state index in [9.17, 15) is 14.7 Å². The molecule has 0 spiro atoms. The molecule has 21 heavy (non-hydrogen) atoms. The predicted molar refractivity (Wildman–Crippen MR) is 78.7 cm³/mol. The first-order valence-electron chi connectivity index (χ1n) is 7.10. The summed E-state index contributed by atoms with van der Waals surface area (Å²) in [6.07, 6.45) is 0.422. The maximum atomic E-state index is 12.2. The maximum Gasteiger partial charge on any atom is 0.321 e. The highest BCUT2D eigenvalue weighted by molar-refractivity contribution is 5.95. The zero-order chi connectivity index (χ0) is 15.2. The number of carbonyl (C=O) groups excluding carboxylic acids is 1. The Bertz CT molecular complexity index is 518. The molecule has 0 saturated carbocycles. The molecule has 0 aliphatic carbocycles. The summed E-state index contributed by atoms with van der Waals surface area (Å²) in [6, 6.07) is 6.95. The van der Waals surface area contributed by atoms with E-state index in [0.29, 0.717) is 44.0 Å². The van der Waals surface area contributed by atoms with E-state index in [0.717, 1.165) is 0 Å². The Balaban J connectivity index is 2.10. The van der Waals surface area contributed by atoms with Crippen LogP contribution in [-0.4, -0.2) is 43.4 Å². The fraction of sp³-hybridized carbons (Fsp3) is 0.467. The van der Waals surface area contributed by atoms with Crippen LogP contribution in [0.2, 0.25) is 0 Å². The fourth-order valence-corrected chi connectivity index (χ4v) is 2.50. The number of benzene rings is 1. The van der Waals surface area contributed by atoms with Gasteiger partial charge in [0.15, 0.2) is 0 Å². The molecule has 2 N–H and O–H groups in total. The molecule has 1 heterocycles. The van der Waals surface area contributed by atoms with Crippen molar-refractivity contribution in [2.75, 3.05) is 31.2 Å². The summed E-state index contributed by atoms with van der Waals surface area (Å²) in [4.78, 5) is 25.1. The number of carboxylic acid groups (broad SMARTS) is 1. The minimum atomic E-state index is -0.848. The van der Waals surface area contributed by atoms with Crippen molar-refractivity contribution in [3.8, 4) is 0 Å². The quantitative estimate of drug-likeness (QED) is 0.811. The first kappa shape index (κ1) is 15.3. The topological polar surface area (TPSA) is 78.9 Å². The van der Waals surface area contributed by atoms with Crippen LogP contribution in [0.1, 0.15) is 24.8 Å². The summed E-state index contributed by atoms with van der Waals surface area (Å²) in [5.74, 6) is -1.40. The summed E-state index contributed by atoms with van der Waals surface area (Å²) >= 11 is 0. The van der Waals surface area contributed by atoms with Gasteiger partial charge in [0.25, 0.3) is 0 Å². The van der Waals surface area contributed by atoms with E-state index >= 15 is 0 Å². The number of para-hydroxylation sites is 1. The average molecular weight is 292 g/mol. The number of carboxylic acids is 1. The van der Waals surface area contributed by atoms with Crippen LogP contribution in [0, 0.1) is 0 Å². The lowest BCUT2D eigenvalue weighted by molar-refractivity contribution is -0.139. The molecular formula is C15H20N2O4. The van der Waals surface area contributed by atoms with Crippen LogP contribution >= 0.6 is 0 Å². The van der Waals surface area contributed by atoms with Crippen LogP contribution in [-0.2, 0) is 9.53 Å². The number of urea groups is 1. The van der Waals surface area contributed by atoms with Crippen LogP contribution in [0.15, 0.2) is 24.3 Å². The van der Waals surface area contributed by atoms with Gasteiger partial charge >= 0.3 is 12.0 Å². The molecule has 2 rings (SSSR count). The average Bonchev–Trinajstić information content (AvgIpc) is 2.50. The highest BCUT2D eigenvalue weighted by Crippen LogP contribution is 2.35. The molecule has 0 saturated heterocycles. The Morgan fingerprint density at radius 1 is 1.43 bits per heavy atom. The largest absolute Gasteiger partial charge is 0.481 e. The molecule has 6 heteroatoms. The Hall–Kier alpha value is -2.08. The van der Waals surface area contributed by atoms with Gasteiger partial charge in [0.1, 0.15) is 0 Å². The van der Waals surface area contributed by atoms with E-state index in [2.05, 4.69) is 5.32 Å². The predicted octanol–water partition coefficient (Wildman–Crippen LogP) is 1.81. The summed E-state index contributed by atoms with van der Waals surface area (Å²) in [7, 11) is 0. The molecule has 1 aromatic rings. The zero-order valence-corrected chi connectivity index (χ0v) is 12.0. The van der Waals surface area contributed by atoms with Crippen molar-refractivity contribution in [1.82, 2.24) is 5.32 Å². The molecule has 114 valence electrons. The molecular weight excluding hydrogens is 272 g/mol. The van der Waals surface area contributed by atoms with Crippen molar-refractivity contribution < 1.29 is 19.4 Å². The van der Waals surface area contributed by atoms with Gasteiger partial charge in [-0.15, -0.1) is 0 Å². The zero-order valence-electron chi connectivity index (χ0n) is 12.0. The number of nitrogens with one attached hydrogen (secondary N) is 1. The number of amides is 2. The second-order valence-corrected chi connectivity index (χ2v) is 4.82. The Morgan fingerprint density at radius 3 is 2.90 bits per heavy atom. The molecule has 6 nitrogen and oxygen atoms in total. The minimum absolute atomic E-state index is 0.217. The minimum Gasteiger partial charge on any atom is -0.481 e. The van der Waals surface area contributed by atoms with Crippen LogP contribution in [0.5, 0.6) is 0 Å². The molecule has 1 aliphatic rings. The standard InChI is InChI=1S/C15H20N2O4/c1-2-21-10-8-16-15(20)17-9-7-12(14(18)19)11-5-3-4-6-13(11)17/h3-6,12H,2,7-10H2,1H3,(H,16,20)(H,18,19). The van der Waals surface area contributed by atoms with Gasteiger partial charge in [0.2, 0.25) is 0 Å². The van der Waals surface area contributed by atoms with Gasteiger partial charge in [-0.3, -0.25) is 9.69 Å². The number of hydrogen-bond acceptors (Lipinski definition) is 3. The van der Waals surface area contributed by atoms with Gasteiger partial charge in [0.05, 0.1) is 12.5 Å². The van der Waals surface area contributed by atoms with E-state index in [1.807, 2.05) is 13.0 Å². The van der Waals surface area contributed by atoms with Crippen molar-refractivity contribution in [3.63, 3.8) is 0 Å². The summed E-state index contributed by atoms with van der Waals surface area (Å²) in [6.45, 7) is 3.81. The second kappa shape index (κ2) is 7.08. The smallest absolute Gasteiger partial charge is 0.321 e. The summed E-state index contributed by atoms with van der Waals surface area (Å²) in [5.41, 5.74) is 1.36. The van der Waals surface area contributed by atoms with Crippen LogP contribution in [0.4, 0.5) is 10.5 Å². The highest BCUT2D eigenvalue weighted by Gasteiger charge is 2.32. The third-order valence-electron chi connectivity index (χ3n) is 3.51. The van der Waals surface area contributed by atoms with Crippen LogP contribution < -0.4 is 10.2 Å². The lowest BCUT2D eigenvalue weighted by Crippen LogP contribution is -2.45. The molecule has 1 atom stereocenters. The van der Waals surface area contributed by atoms with Gasteiger partial charge in [0, 0.05) is 25.4 Å². The maximum absolute atomic E-state index is 12.2. The van der Waals surface area contributed by atoms with Crippen LogP contribution in [0.3, 0.4) is 0 Å². The molecule has 0 aromatic heterocycles. The van der Waals surface area contributed by atoms with Gasteiger partial charge in [-0.25, -0.2) is 4.79 Å². The van der Waals surface area contributed by atoms with Gasteiger partial charge in [-0.05, 0) is 25.0 Å². The van der Waals surface area contributed by atoms with E-state index in [-0.39, 0.29) is 6.03 Å². The third kappa shape index (κ3) is 3.52. The van der Waals surface area contributed by atoms with E-state index in [4.69, 9.17) is 4.74 Å². The van der Waals surface area contributed by atoms with E-state index in [1.165, 1.54) is 0 Å².